The van der Waals surface area contributed by atoms with E-state index < -0.39 is 53.6 Å². The van der Waals surface area contributed by atoms with Crippen molar-refractivity contribution in [3.8, 4) is 0 Å². The second kappa shape index (κ2) is 10.0. The largest absolute Gasteiger partial charge is 0.460 e. The summed E-state index contributed by atoms with van der Waals surface area (Å²) < 4.78 is 66.9. The summed E-state index contributed by atoms with van der Waals surface area (Å²) in [6.07, 6.45) is -7.03. The van der Waals surface area contributed by atoms with E-state index in [4.69, 9.17) is 9.47 Å². The van der Waals surface area contributed by atoms with E-state index in [0.29, 0.717) is 0 Å². The molecule has 0 bridgehead atoms. The molecule has 1 saturated heterocycles. The van der Waals surface area contributed by atoms with Crippen molar-refractivity contribution in [2.45, 2.75) is 63.5 Å². The van der Waals surface area contributed by atoms with Crippen LogP contribution in [0.4, 0.5) is 22.4 Å². The molecule has 0 aliphatic carbocycles. The van der Waals surface area contributed by atoms with Crippen molar-refractivity contribution >= 4 is 12.1 Å². The number of rotatable bonds is 6. The number of carbonyl (C=O) groups excluding carboxylic acids is 2. The Hall–Kier alpha value is -3.10. The van der Waals surface area contributed by atoms with E-state index in [1.54, 1.807) is 32.9 Å². The normalized spacial score (nSPS) is 20.4. The zero-order chi connectivity index (χ0) is 25.1. The van der Waals surface area contributed by atoms with Crippen LogP contribution in [0.1, 0.15) is 44.2 Å². The summed E-state index contributed by atoms with van der Waals surface area (Å²) in [6.45, 7) is 4.95. The molecule has 34 heavy (non-hydrogen) atoms. The molecule has 2 aromatic carbocycles. The van der Waals surface area contributed by atoms with Crippen LogP contribution >= 0.6 is 0 Å². The maximum atomic E-state index is 14.3. The van der Waals surface area contributed by atoms with Crippen LogP contribution in [0.25, 0.3) is 0 Å². The summed E-state index contributed by atoms with van der Waals surface area (Å²) in [5.41, 5.74) is -0.669. The predicted molar refractivity (Wildman–Crippen MR) is 116 cm³/mol. The average Bonchev–Trinajstić information content (AvgIpc) is 3.08. The number of carbonyl (C=O) groups is 2. The lowest BCUT2D eigenvalue weighted by molar-refractivity contribution is -0.171. The Bertz CT molecular complexity index is 1000. The first-order valence-electron chi connectivity index (χ1n) is 10.9. The van der Waals surface area contributed by atoms with E-state index in [1.807, 2.05) is 0 Å². The Morgan fingerprint density at radius 2 is 1.71 bits per heavy atom. The number of cyclic esters (lactones) is 1. The summed E-state index contributed by atoms with van der Waals surface area (Å²) in [5.74, 6) is -5.13. The van der Waals surface area contributed by atoms with Crippen molar-refractivity contribution in [2.75, 3.05) is 0 Å². The van der Waals surface area contributed by atoms with Crippen LogP contribution in [-0.4, -0.2) is 36.0 Å². The van der Waals surface area contributed by atoms with E-state index in [2.05, 4.69) is 5.32 Å². The maximum absolute atomic E-state index is 14.3. The van der Waals surface area contributed by atoms with Crippen LogP contribution in [0.15, 0.2) is 54.6 Å². The summed E-state index contributed by atoms with van der Waals surface area (Å²) in [6, 6.07) is 12.0. The Morgan fingerprint density at radius 3 is 2.29 bits per heavy atom. The third-order valence-electron chi connectivity index (χ3n) is 5.52. The molecular formula is C25H27F4NO4. The van der Waals surface area contributed by atoms with E-state index in [0.717, 1.165) is 0 Å². The predicted octanol–water partition coefficient (Wildman–Crippen LogP) is 5.54. The van der Waals surface area contributed by atoms with Crippen molar-refractivity contribution in [3.05, 3.63) is 71.5 Å². The molecule has 1 aliphatic heterocycles. The minimum atomic E-state index is -4.69. The zero-order valence-electron chi connectivity index (χ0n) is 19.1. The van der Waals surface area contributed by atoms with Gasteiger partial charge in [-0.05, 0) is 44.4 Å². The SMILES string of the molecule is CC(C)(C)OC(=O)N[C@@H](Cc1ccccc1F)[C@@H]1C[C@H](C(c2ccccc2)C(F)(F)F)C(=O)O1. The number of nitrogens with one attached hydrogen (secondary N) is 1. The van der Waals surface area contributed by atoms with Gasteiger partial charge in [0.25, 0.3) is 0 Å². The standard InChI is InChI=1S/C25H27F4NO4/c1-24(2,3)34-23(32)30-19(13-16-11-7-8-12-18(16)26)20-14-17(22(31)33-20)21(25(27,28)29)15-9-5-4-6-10-15/h4-12,17,19-21H,13-14H2,1-3H3,(H,30,32)/t17-,19+,20+,21?/m1/s1. The third kappa shape index (κ3) is 6.48. The molecular weight excluding hydrogens is 454 g/mol. The van der Waals surface area contributed by atoms with Gasteiger partial charge in [-0.25, -0.2) is 9.18 Å². The lowest BCUT2D eigenvalue weighted by Gasteiger charge is -2.27. The molecule has 5 nitrogen and oxygen atoms in total. The molecule has 1 amide bonds. The molecule has 1 aliphatic rings. The van der Waals surface area contributed by atoms with Gasteiger partial charge in [0.15, 0.2) is 0 Å². The third-order valence-corrected chi connectivity index (χ3v) is 5.52. The smallest absolute Gasteiger partial charge is 0.408 e. The number of hydrogen-bond donors (Lipinski definition) is 1. The van der Waals surface area contributed by atoms with Gasteiger partial charge in [-0.2, -0.15) is 13.2 Å². The number of benzene rings is 2. The first-order chi connectivity index (χ1) is 15.8. The number of alkyl halides is 3. The summed E-state index contributed by atoms with van der Waals surface area (Å²) in [5, 5.41) is 2.56. The Morgan fingerprint density at radius 1 is 1.09 bits per heavy atom. The highest BCUT2D eigenvalue weighted by Gasteiger charge is 2.53. The van der Waals surface area contributed by atoms with E-state index in [1.165, 1.54) is 42.5 Å². The molecule has 0 spiro atoms. The monoisotopic (exact) mass is 481 g/mol. The lowest BCUT2D eigenvalue weighted by atomic mass is 9.82. The molecule has 1 fully saturated rings. The Labute approximate surface area is 195 Å². The van der Waals surface area contributed by atoms with E-state index >= 15 is 0 Å². The van der Waals surface area contributed by atoms with Gasteiger partial charge in [-0.1, -0.05) is 48.5 Å². The quantitative estimate of drug-likeness (QED) is 0.435. The Kier molecular flexibility index (Phi) is 7.53. The number of hydrogen-bond acceptors (Lipinski definition) is 4. The fourth-order valence-corrected chi connectivity index (χ4v) is 4.09. The fourth-order valence-electron chi connectivity index (χ4n) is 4.09. The number of amides is 1. The number of ether oxygens (including phenoxy) is 2. The van der Waals surface area contributed by atoms with E-state index in [-0.39, 0.29) is 24.0 Å². The summed E-state index contributed by atoms with van der Waals surface area (Å²) in [7, 11) is 0. The first-order valence-corrected chi connectivity index (χ1v) is 10.9. The van der Waals surface area contributed by atoms with Gasteiger partial charge in [0.2, 0.25) is 0 Å². The molecule has 0 saturated carbocycles. The van der Waals surface area contributed by atoms with Crippen LogP contribution in [-0.2, 0) is 20.7 Å². The summed E-state index contributed by atoms with van der Waals surface area (Å²) >= 11 is 0. The van der Waals surface area contributed by atoms with Gasteiger partial charge < -0.3 is 14.8 Å². The zero-order valence-corrected chi connectivity index (χ0v) is 19.1. The molecule has 1 unspecified atom stereocenters. The topological polar surface area (TPSA) is 64.6 Å². The fraction of sp³-hybridized carbons (Fsp3) is 0.440. The molecule has 9 heteroatoms. The number of esters is 1. The highest BCUT2D eigenvalue weighted by molar-refractivity contribution is 5.76. The van der Waals surface area contributed by atoms with E-state index in [9.17, 15) is 27.2 Å². The molecule has 184 valence electrons. The van der Waals surface area contributed by atoms with Gasteiger partial charge >= 0.3 is 18.2 Å². The minimum absolute atomic E-state index is 0.0524. The summed E-state index contributed by atoms with van der Waals surface area (Å²) in [4.78, 5) is 25.1. The molecule has 3 rings (SSSR count). The lowest BCUT2D eigenvalue weighted by Crippen LogP contribution is -2.47. The van der Waals surface area contributed by atoms with Crippen LogP contribution in [0, 0.1) is 11.7 Å². The molecule has 1 N–H and O–H groups in total. The van der Waals surface area contributed by atoms with Gasteiger partial charge in [-0.3, -0.25) is 4.79 Å². The average molecular weight is 481 g/mol. The second-order valence-electron chi connectivity index (χ2n) is 9.30. The van der Waals surface area contributed by atoms with Crippen molar-refractivity contribution in [1.29, 1.82) is 0 Å². The van der Waals surface area contributed by atoms with Crippen LogP contribution < -0.4 is 5.32 Å². The van der Waals surface area contributed by atoms with Crippen molar-refractivity contribution in [2.24, 2.45) is 5.92 Å². The van der Waals surface area contributed by atoms with Gasteiger partial charge in [0.1, 0.15) is 17.5 Å². The van der Waals surface area contributed by atoms with Gasteiger partial charge in [0.05, 0.1) is 17.9 Å². The van der Waals surface area contributed by atoms with Crippen molar-refractivity contribution < 1.29 is 36.6 Å². The van der Waals surface area contributed by atoms with Gasteiger partial charge in [0, 0.05) is 6.42 Å². The Balaban J connectivity index is 1.88. The molecule has 1 heterocycles. The molecule has 0 aromatic heterocycles. The van der Waals surface area contributed by atoms with Gasteiger partial charge in [-0.15, -0.1) is 0 Å². The molecule has 2 aromatic rings. The molecule has 0 radical (unpaired) electrons. The van der Waals surface area contributed by atoms with Crippen LogP contribution in [0.3, 0.4) is 0 Å². The number of alkyl carbamates (subject to hydrolysis) is 1. The molecule has 4 atom stereocenters. The first kappa shape index (κ1) is 25.5. The maximum Gasteiger partial charge on any atom is 0.408 e. The highest BCUT2D eigenvalue weighted by atomic mass is 19.4. The van der Waals surface area contributed by atoms with Crippen LogP contribution in [0.5, 0.6) is 0 Å². The second-order valence-corrected chi connectivity index (χ2v) is 9.30. The van der Waals surface area contributed by atoms with Crippen LogP contribution in [0.2, 0.25) is 0 Å². The highest BCUT2D eigenvalue weighted by Crippen LogP contribution is 2.45. The van der Waals surface area contributed by atoms with Crippen molar-refractivity contribution in [3.63, 3.8) is 0 Å². The van der Waals surface area contributed by atoms with Crippen molar-refractivity contribution in [1.82, 2.24) is 5.32 Å². The minimum Gasteiger partial charge on any atom is -0.460 e. The number of halogens is 4.